The molecule has 116 valence electrons. The smallest absolute Gasteiger partial charge is 0.247 e. The molecule has 1 N–H and O–H groups in total. The summed E-state index contributed by atoms with van der Waals surface area (Å²) in [6.45, 7) is 6.54. The molecule has 0 fully saturated rings. The van der Waals surface area contributed by atoms with Gasteiger partial charge >= 0.3 is 0 Å². The molecule has 1 aromatic rings. The maximum Gasteiger partial charge on any atom is 0.247 e. The fourth-order valence-corrected chi connectivity index (χ4v) is 2.11. The number of nitrogens with zero attached hydrogens (tertiary/aromatic N) is 3. The lowest BCUT2D eigenvalue weighted by molar-refractivity contribution is -0.132. The number of rotatable bonds is 6. The Labute approximate surface area is 129 Å². The van der Waals surface area contributed by atoms with Crippen LogP contribution in [0.1, 0.15) is 25.1 Å². The zero-order chi connectivity index (χ0) is 16.0. The van der Waals surface area contributed by atoms with Crippen molar-refractivity contribution in [2.45, 2.75) is 20.8 Å². The van der Waals surface area contributed by atoms with Crippen molar-refractivity contribution in [3.63, 3.8) is 0 Å². The SMILES string of the molecule is CCNC(=O)CN(CC)C(=O)/C=C/c1c(C)nn(C)c1Cl. The van der Waals surface area contributed by atoms with Crippen LogP contribution in [0.4, 0.5) is 0 Å². The van der Waals surface area contributed by atoms with Crippen molar-refractivity contribution in [3.8, 4) is 0 Å². The van der Waals surface area contributed by atoms with Gasteiger partial charge in [-0.3, -0.25) is 14.3 Å². The van der Waals surface area contributed by atoms with Crippen LogP contribution in [0, 0.1) is 6.92 Å². The monoisotopic (exact) mass is 312 g/mol. The normalized spacial score (nSPS) is 10.9. The maximum atomic E-state index is 12.1. The summed E-state index contributed by atoms with van der Waals surface area (Å²) in [6, 6.07) is 0. The van der Waals surface area contributed by atoms with Crippen LogP contribution in [0.2, 0.25) is 5.15 Å². The van der Waals surface area contributed by atoms with E-state index in [2.05, 4.69) is 10.4 Å². The lowest BCUT2D eigenvalue weighted by Crippen LogP contribution is -2.39. The van der Waals surface area contributed by atoms with Crippen molar-refractivity contribution in [2.24, 2.45) is 7.05 Å². The average molecular weight is 313 g/mol. The van der Waals surface area contributed by atoms with Gasteiger partial charge in [0.15, 0.2) is 0 Å². The molecule has 7 heteroatoms. The highest BCUT2D eigenvalue weighted by Crippen LogP contribution is 2.20. The first kappa shape index (κ1) is 17.2. The minimum atomic E-state index is -0.233. The van der Waals surface area contributed by atoms with Crippen LogP contribution < -0.4 is 5.32 Å². The van der Waals surface area contributed by atoms with Gasteiger partial charge in [0, 0.05) is 31.8 Å². The third-order valence-corrected chi connectivity index (χ3v) is 3.44. The lowest BCUT2D eigenvalue weighted by atomic mass is 10.2. The van der Waals surface area contributed by atoms with E-state index < -0.39 is 0 Å². The van der Waals surface area contributed by atoms with Gasteiger partial charge in [-0.15, -0.1) is 0 Å². The van der Waals surface area contributed by atoms with Crippen molar-refractivity contribution >= 4 is 29.5 Å². The molecule has 0 atom stereocenters. The molecular weight excluding hydrogens is 292 g/mol. The zero-order valence-corrected chi connectivity index (χ0v) is 13.6. The van der Waals surface area contributed by atoms with E-state index in [4.69, 9.17) is 11.6 Å². The third-order valence-electron chi connectivity index (χ3n) is 2.99. The van der Waals surface area contributed by atoms with Crippen LogP contribution in [0.5, 0.6) is 0 Å². The Kier molecular flexibility index (Phi) is 6.42. The van der Waals surface area contributed by atoms with E-state index in [-0.39, 0.29) is 18.4 Å². The average Bonchev–Trinajstić information content (AvgIpc) is 2.67. The van der Waals surface area contributed by atoms with Gasteiger partial charge in [-0.2, -0.15) is 5.10 Å². The summed E-state index contributed by atoms with van der Waals surface area (Å²) in [4.78, 5) is 25.1. The first-order valence-electron chi connectivity index (χ1n) is 6.83. The van der Waals surface area contributed by atoms with Crippen molar-refractivity contribution in [1.29, 1.82) is 0 Å². The molecule has 0 aliphatic heterocycles. The number of aromatic nitrogens is 2. The van der Waals surface area contributed by atoms with E-state index >= 15 is 0 Å². The van der Waals surface area contributed by atoms with Gasteiger partial charge in [0.2, 0.25) is 11.8 Å². The molecule has 1 aromatic heterocycles. The zero-order valence-electron chi connectivity index (χ0n) is 12.8. The Morgan fingerprint density at radius 2 is 2.10 bits per heavy atom. The van der Waals surface area contributed by atoms with Crippen LogP contribution in [0.25, 0.3) is 6.08 Å². The third kappa shape index (κ3) is 4.60. The largest absolute Gasteiger partial charge is 0.355 e. The van der Waals surface area contributed by atoms with Crippen LogP contribution in [-0.2, 0) is 16.6 Å². The standard InChI is InChI=1S/C14H21ClN4O2/c1-5-16-12(20)9-19(6-2)13(21)8-7-11-10(3)17-18(4)14(11)15/h7-8H,5-6,9H2,1-4H3,(H,16,20)/b8-7+. The van der Waals surface area contributed by atoms with Crippen molar-refractivity contribution in [1.82, 2.24) is 20.0 Å². The molecule has 0 unspecified atom stereocenters. The highest BCUT2D eigenvalue weighted by atomic mass is 35.5. The van der Waals surface area contributed by atoms with Gasteiger partial charge in [0.25, 0.3) is 0 Å². The minimum absolute atomic E-state index is 0.0489. The molecule has 1 heterocycles. The van der Waals surface area contributed by atoms with Crippen molar-refractivity contribution in [3.05, 3.63) is 22.5 Å². The van der Waals surface area contributed by atoms with E-state index in [0.29, 0.717) is 23.8 Å². The number of nitrogens with one attached hydrogen (secondary N) is 1. The number of aryl methyl sites for hydroxylation is 2. The first-order chi connectivity index (χ1) is 9.90. The summed E-state index contributed by atoms with van der Waals surface area (Å²) in [5, 5.41) is 7.32. The van der Waals surface area contributed by atoms with E-state index in [1.807, 2.05) is 20.8 Å². The van der Waals surface area contributed by atoms with Crippen molar-refractivity contribution in [2.75, 3.05) is 19.6 Å². The second-order valence-electron chi connectivity index (χ2n) is 4.55. The Bertz CT molecular complexity index is 551. The molecule has 2 amide bonds. The molecule has 0 saturated heterocycles. The van der Waals surface area contributed by atoms with Gasteiger partial charge in [-0.05, 0) is 26.8 Å². The van der Waals surface area contributed by atoms with E-state index in [0.717, 1.165) is 5.69 Å². The fourth-order valence-electron chi connectivity index (χ4n) is 1.87. The lowest BCUT2D eigenvalue weighted by Gasteiger charge is -2.18. The molecule has 0 saturated carbocycles. The second-order valence-corrected chi connectivity index (χ2v) is 4.91. The van der Waals surface area contributed by atoms with Gasteiger partial charge in [0.05, 0.1) is 12.2 Å². The highest BCUT2D eigenvalue weighted by molar-refractivity contribution is 6.31. The number of likely N-dealkylation sites (N-methyl/N-ethyl adjacent to an activating group) is 2. The van der Waals surface area contributed by atoms with E-state index in [1.54, 1.807) is 17.8 Å². The topological polar surface area (TPSA) is 67.2 Å². The maximum absolute atomic E-state index is 12.1. The summed E-state index contributed by atoms with van der Waals surface area (Å²) >= 11 is 6.10. The number of hydrogen-bond acceptors (Lipinski definition) is 3. The molecule has 0 bridgehead atoms. The Balaban J connectivity index is 2.78. The van der Waals surface area contributed by atoms with Crippen LogP contribution in [0.3, 0.4) is 0 Å². The number of hydrogen-bond donors (Lipinski definition) is 1. The summed E-state index contributed by atoms with van der Waals surface area (Å²) in [5.74, 6) is -0.403. The molecule has 1 rings (SSSR count). The van der Waals surface area contributed by atoms with Gasteiger partial charge in [0.1, 0.15) is 5.15 Å². The predicted molar refractivity (Wildman–Crippen MR) is 82.9 cm³/mol. The molecule has 0 aliphatic carbocycles. The molecule has 0 aliphatic rings. The van der Waals surface area contributed by atoms with Crippen LogP contribution >= 0.6 is 11.6 Å². The Hall–Kier alpha value is -1.82. The predicted octanol–water partition coefficient (Wildman–Crippen LogP) is 1.38. The van der Waals surface area contributed by atoms with Crippen LogP contribution in [-0.4, -0.2) is 46.1 Å². The Morgan fingerprint density at radius 1 is 1.43 bits per heavy atom. The van der Waals surface area contributed by atoms with Gasteiger partial charge in [-0.1, -0.05) is 11.6 Å². The van der Waals surface area contributed by atoms with E-state index in [1.165, 1.54) is 11.0 Å². The minimum Gasteiger partial charge on any atom is -0.355 e. The summed E-state index contributed by atoms with van der Waals surface area (Å²) in [7, 11) is 1.74. The molecule has 0 spiro atoms. The summed E-state index contributed by atoms with van der Waals surface area (Å²) < 4.78 is 1.55. The molecule has 0 radical (unpaired) electrons. The summed E-state index contributed by atoms with van der Waals surface area (Å²) in [6.07, 6.45) is 3.05. The number of amides is 2. The van der Waals surface area contributed by atoms with Gasteiger partial charge < -0.3 is 10.2 Å². The number of carbonyl (C=O) groups is 2. The quantitative estimate of drug-likeness (QED) is 0.807. The fraction of sp³-hybridized carbons (Fsp3) is 0.500. The Morgan fingerprint density at radius 3 is 2.57 bits per heavy atom. The van der Waals surface area contributed by atoms with E-state index in [9.17, 15) is 9.59 Å². The first-order valence-corrected chi connectivity index (χ1v) is 7.21. The molecule has 21 heavy (non-hydrogen) atoms. The van der Waals surface area contributed by atoms with Crippen LogP contribution in [0.15, 0.2) is 6.08 Å². The molecule has 6 nitrogen and oxygen atoms in total. The number of halogens is 1. The molecular formula is C14H21ClN4O2. The molecule has 0 aromatic carbocycles. The second kappa shape index (κ2) is 7.83. The van der Waals surface area contributed by atoms with Crippen molar-refractivity contribution < 1.29 is 9.59 Å². The number of carbonyl (C=O) groups excluding carboxylic acids is 2. The summed E-state index contributed by atoms with van der Waals surface area (Å²) in [5.41, 5.74) is 1.46. The van der Waals surface area contributed by atoms with Gasteiger partial charge in [-0.25, -0.2) is 0 Å². The highest BCUT2D eigenvalue weighted by Gasteiger charge is 2.14.